The van der Waals surface area contributed by atoms with E-state index in [9.17, 15) is 14.3 Å². The van der Waals surface area contributed by atoms with Crippen molar-refractivity contribution < 1.29 is 23.4 Å². The van der Waals surface area contributed by atoms with Crippen LogP contribution in [0.25, 0.3) is 32.9 Å². The van der Waals surface area contributed by atoms with Crippen molar-refractivity contribution in [2.45, 2.75) is 44.0 Å². The third kappa shape index (κ3) is 2.96. The van der Waals surface area contributed by atoms with Crippen LogP contribution in [0.3, 0.4) is 0 Å². The lowest BCUT2D eigenvalue weighted by molar-refractivity contribution is 0.0707. The molecule has 190 valence electrons. The van der Waals surface area contributed by atoms with Crippen molar-refractivity contribution in [3.63, 3.8) is 0 Å². The van der Waals surface area contributed by atoms with Crippen molar-refractivity contribution in [2.24, 2.45) is 0 Å². The van der Waals surface area contributed by atoms with E-state index in [1.807, 2.05) is 11.8 Å². The molecule has 4 aromatic rings. The lowest BCUT2D eigenvalue weighted by Crippen LogP contribution is -2.64. The molecule has 3 aliphatic heterocycles. The number of carbonyl (C=O) groups is 1. The van der Waals surface area contributed by atoms with Crippen LogP contribution in [0.1, 0.15) is 25.3 Å². The van der Waals surface area contributed by atoms with Gasteiger partial charge in [0.05, 0.1) is 23.7 Å². The largest absolute Gasteiger partial charge is 0.472 e. The van der Waals surface area contributed by atoms with Gasteiger partial charge in [-0.15, -0.1) is 6.42 Å². The van der Waals surface area contributed by atoms with E-state index in [0.29, 0.717) is 40.5 Å². The van der Waals surface area contributed by atoms with Crippen LogP contribution >= 0.6 is 0 Å². The summed E-state index contributed by atoms with van der Waals surface area (Å²) in [6, 6.07) is 7.17. The van der Waals surface area contributed by atoms with Gasteiger partial charge in [0.2, 0.25) is 5.88 Å². The van der Waals surface area contributed by atoms with Crippen LogP contribution in [-0.2, 0) is 0 Å². The lowest BCUT2D eigenvalue weighted by atomic mass is 9.96. The average molecular weight is 514 g/mol. The van der Waals surface area contributed by atoms with Gasteiger partial charge in [-0.2, -0.15) is 0 Å². The summed E-state index contributed by atoms with van der Waals surface area (Å²) in [4.78, 5) is 29.0. The van der Waals surface area contributed by atoms with Crippen LogP contribution < -0.4 is 9.64 Å². The summed E-state index contributed by atoms with van der Waals surface area (Å²) in [6.07, 6.45) is 6.92. The Morgan fingerprint density at radius 1 is 1.18 bits per heavy atom. The molecule has 7 rings (SSSR count). The number of amides is 1. The fraction of sp³-hybridized carbons (Fsp3) is 0.286. The number of terminal acetylenes is 1. The highest BCUT2D eigenvalue weighted by Crippen LogP contribution is 2.46. The van der Waals surface area contributed by atoms with E-state index in [-0.39, 0.29) is 40.8 Å². The first-order chi connectivity index (χ1) is 18.4. The fourth-order valence-electron chi connectivity index (χ4n) is 6.55. The third-order valence-electron chi connectivity index (χ3n) is 8.04. The Morgan fingerprint density at radius 3 is 2.82 bits per heavy atom. The first-order valence-corrected chi connectivity index (χ1v) is 12.4. The van der Waals surface area contributed by atoms with Gasteiger partial charge in [0.1, 0.15) is 40.7 Å². The van der Waals surface area contributed by atoms with Gasteiger partial charge in [-0.05, 0) is 31.2 Å². The van der Waals surface area contributed by atoms with Gasteiger partial charge in [-0.25, -0.2) is 28.5 Å². The average Bonchev–Trinajstić information content (AvgIpc) is 3.16. The molecule has 2 bridgehead atoms. The van der Waals surface area contributed by atoms with E-state index < -0.39 is 23.8 Å². The van der Waals surface area contributed by atoms with Crippen molar-refractivity contribution in [1.29, 1.82) is 0 Å². The molecule has 0 saturated carbocycles. The molecule has 4 atom stereocenters. The Labute approximate surface area is 215 Å². The molecular formula is C28H21F2N5O3. The number of benzene rings is 2. The van der Waals surface area contributed by atoms with E-state index in [4.69, 9.17) is 11.2 Å². The zero-order valence-electron chi connectivity index (χ0n) is 20.2. The van der Waals surface area contributed by atoms with Crippen molar-refractivity contribution >= 4 is 33.6 Å². The van der Waals surface area contributed by atoms with Crippen LogP contribution in [0.5, 0.6) is 5.88 Å². The van der Waals surface area contributed by atoms with Gasteiger partial charge in [-0.3, -0.25) is 4.90 Å². The number of ether oxygens (including phenoxy) is 1. The summed E-state index contributed by atoms with van der Waals surface area (Å²) in [5.74, 6) is 1.71. The van der Waals surface area contributed by atoms with Crippen LogP contribution in [0.2, 0.25) is 0 Å². The second-order valence-corrected chi connectivity index (χ2v) is 9.93. The first-order valence-electron chi connectivity index (χ1n) is 12.4. The van der Waals surface area contributed by atoms with E-state index in [1.54, 1.807) is 24.3 Å². The molecule has 10 heteroatoms. The maximum atomic E-state index is 16.3. The second-order valence-electron chi connectivity index (χ2n) is 9.93. The summed E-state index contributed by atoms with van der Waals surface area (Å²) in [6.45, 7) is 2.26. The Hall–Kier alpha value is -4.52. The number of fused-ring (bicyclic) bond motifs is 6. The van der Waals surface area contributed by atoms with Gasteiger partial charge >= 0.3 is 6.09 Å². The van der Waals surface area contributed by atoms with Crippen molar-refractivity contribution in [1.82, 2.24) is 19.9 Å². The third-order valence-corrected chi connectivity index (χ3v) is 8.04. The SMILES string of the molecule is C#Cc1c(F)ccc2cccc(-c3nc4c5c(ncnc5c3F)N3CC5CCC(C3C(C)O4)N5C(=O)O)c12. The smallest absolute Gasteiger partial charge is 0.407 e. The van der Waals surface area contributed by atoms with Crippen LogP contribution in [-0.4, -0.2) is 61.8 Å². The number of anilines is 1. The summed E-state index contributed by atoms with van der Waals surface area (Å²) >= 11 is 0. The van der Waals surface area contributed by atoms with Gasteiger partial charge < -0.3 is 14.7 Å². The number of carboxylic acid groups (broad SMARTS) is 1. The molecule has 2 saturated heterocycles. The van der Waals surface area contributed by atoms with Gasteiger partial charge in [0, 0.05) is 17.5 Å². The number of hydrogen-bond donors (Lipinski definition) is 1. The summed E-state index contributed by atoms with van der Waals surface area (Å²) in [7, 11) is 0. The van der Waals surface area contributed by atoms with Gasteiger partial charge in [0.25, 0.3) is 0 Å². The molecule has 1 N–H and O–H groups in total. The normalized spacial score (nSPS) is 23.6. The van der Waals surface area contributed by atoms with Crippen molar-refractivity contribution in [2.75, 3.05) is 11.4 Å². The maximum absolute atomic E-state index is 16.3. The zero-order chi connectivity index (χ0) is 26.3. The first kappa shape index (κ1) is 22.7. The monoisotopic (exact) mass is 513 g/mol. The highest BCUT2D eigenvalue weighted by atomic mass is 19.1. The molecule has 0 radical (unpaired) electrons. The predicted octanol–water partition coefficient (Wildman–Crippen LogP) is 4.59. The number of aromatic nitrogens is 3. The topological polar surface area (TPSA) is 91.7 Å². The van der Waals surface area contributed by atoms with Gasteiger partial charge in [-0.1, -0.05) is 30.2 Å². The Kier molecular flexibility index (Phi) is 4.76. The minimum Gasteiger partial charge on any atom is -0.472 e. The van der Waals surface area contributed by atoms with Crippen molar-refractivity contribution in [3.8, 4) is 29.5 Å². The minimum atomic E-state index is -0.960. The van der Waals surface area contributed by atoms with E-state index in [0.717, 1.165) is 6.42 Å². The molecule has 3 aliphatic rings. The van der Waals surface area contributed by atoms with Crippen LogP contribution in [0.15, 0.2) is 36.7 Å². The highest BCUT2D eigenvalue weighted by Gasteiger charge is 2.52. The molecule has 5 heterocycles. The Balaban J connectivity index is 1.47. The maximum Gasteiger partial charge on any atom is 0.407 e. The molecule has 2 aromatic carbocycles. The van der Waals surface area contributed by atoms with E-state index in [2.05, 4.69) is 20.9 Å². The highest BCUT2D eigenvalue weighted by molar-refractivity contribution is 6.03. The number of piperazine rings is 1. The van der Waals surface area contributed by atoms with Crippen LogP contribution in [0.4, 0.5) is 19.4 Å². The summed E-state index contributed by atoms with van der Waals surface area (Å²) in [5, 5.41) is 11.2. The van der Waals surface area contributed by atoms with Gasteiger partial charge in [0.15, 0.2) is 5.82 Å². The molecule has 0 spiro atoms. The molecule has 0 aliphatic carbocycles. The number of rotatable bonds is 1. The Bertz CT molecular complexity index is 1720. The zero-order valence-corrected chi connectivity index (χ0v) is 20.2. The molecule has 4 unspecified atom stereocenters. The molecule has 1 amide bonds. The lowest BCUT2D eigenvalue weighted by Gasteiger charge is -2.47. The number of halogens is 2. The minimum absolute atomic E-state index is 0.0184. The molecule has 2 aromatic heterocycles. The van der Waals surface area contributed by atoms with E-state index in [1.165, 1.54) is 17.3 Å². The quantitative estimate of drug-likeness (QED) is 0.373. The number of pyridine rings is 1. The summed E-state index contributed by atoms with van der Waals surface area (Å²) < 4.78 is 37.3. The fourth-order valence-corrected chi connectivity index (χ4v) is 6.55. The van der Waals surface area contributed by atoms with E-state index >= 15 is 4.39 Å². The van der Waals surface area contributed by atoms with Crippen LogP contribution in [0, 0.1) is 24.0 Å². The summed E-state index contributed by atoms with van der Waals surface area (Å²) in [5.41, 5.74) is 0.294. The second kappa shape index (κ2) is 7.99. The van der Waals surface area contributed by atoms with Crippen molar-refractivity contribution in [3.05, 3.63) is 53.9 Å². The molecule has 8 nitrogen and oxygen atoms in total. The predicted molar refractivity (Wildman–Crippen MR) is 136 cm³/mol. The number of nitrogens with zero attached hydrogens (tertiary/aromatic N) is 5. The molecule has 38 heavy (non-hydrogen) atoms. The molecular weight excluding hydrogens is 492 g/mol. The molecule has 2 fully saturated rings. The standard InChI is InChI=1S/C28H21F2N5O3/c1-3-16-18(29)9-7-14-5-4-6-17(20(14)16)23-22(30)24-21-26(32-12-31-24)34-11-15-8-10-19(35(15)28(36)37)25(34)13(2)38-27(21)33-23/h1,4-7,9,12-13,15,19,25H,8,10-11H2,2H3,(H,36,37). The Morgan fingerprint density at radius 2 is 2.03 bits per heavy atom. The number of hydrogen-bond acceptors (Lipinski definition) is 6.